The van der Waals surface area contributed by atoms with E-state index < -0.39 is 47.8 Å². The summed E-state index contributed by atoms with van der Waals surface area (Å²) in [5.41, 5.74) is 0.109. The van der Waals surface area contributed by atoms with Gasteiger partial charge in [0.05, 0.1) is 29.7 Å². The molecule has 2 aliphatic rings. The lowest BCUT2D eigenvalue weighted by atomic mass is 9.67. The van der Waals surface area contributed by atoms with Crippen LogP contribution in [0.25, 0.3) is 0 Å². The topological polar surface area (TPSA) is 163 Å². The molecule has 3 rings (SSSR count). The summed E-state index contributed by atoms with van der Waals surface area (Å²) in [6.07, 6.45) is 4.61. The second kappa shape index (κ2) is 21.3. The highest BCUT2D eigenvalue weighted by atomic mass is 16.5. The second-order valence-electron chi connectivity index (χ2n) is 16.9. The van der Waals surface area contributed by atoms with Gasteiger partial charge in [0.25, 0.3) is 0 Å². The van der Waals surface area contributed by atoms with Gasteiger partial charge < -0.3 is 35.4 Å². The number of carboxylic acid groups (broad SMARTS) is 1. The summed E-state index contributed by atoms with van der Waals surface area (Å²) in [5.74, 6) is -2.41. The van der Waals surface area contributed by atoms with Gasteiger partial charge in [0, 0.05) is 40.5 Å². The number of hydrogen-bond acceptors (Lipinski definition) is 8. The fourth-order valence-corrected chi connectivity index (χ4v) is 8.95. The third-order valence-corrected chi connectivity index (χ3v) is 12.7. The molecule has 3 amide bonds. The lowest BCUT2D eigenvalue weighted by Gasteiger charge is -2.42. The number of carboxylic acids is 1. The van der Waals surface area contributed by atoms with Gasteiger partial charge in [-0.05, 0) is 74.3 Å². The Labute approximate surface area is 329 Å². The average Bonchev–Trinajstić information content (AvgIpc) is 3.61. The van der Waals surface area contributed by atoms with Crippen molar-refractivity contribution in [1.29, 1.82) is 0 Å². The highest BCUT2D eigenvalue weighted by molar-refractivity contribution is 5.92. The molecule has 1 saturated carbocycles. The second-order valence-corrected chi connectivity index (χ2v) is 16.9. The van der Waals surface area contributed by atoms with Crippen molar-refractivity contribution in [2.45, 2.75) is 142 Å². The molecule has 310 valence electrons. The summed E-state index contributed by atoms with van der Waals surface area (Å²) in [7, 11) is 4.93. The van der Waals surface area contributed by atoms with Crippen molar-refractivity contribution >= 4 is 29.5 Å². The highest BCUT2D eigenvalue weighted by Crippen LogP contribution is 2.41. The first-order valence-corrected chi connectivity index (χ1v) is 20.5. The number of carbonyl (C=O) groups excluding carboxylic acids is 4. The molecule has 0 aromatic heterocycles. The standard InChI is InChI=1S/C43H70N4O8/c1-11-27(4)37(47(8)40(50)36(26(2)3)46-42(53)43(7)21-16-22-44-43)35(54-9)25-32(48)24-31-19-15-20-33(28(31)5)38(55-10)29(6)39(49)45-34(41(51)52)23-30-17-13-12-14-18-30/h12-14,17-18,26-29,31,33-38,44H,11,15-16,19-25H2,1-10H3,(H,45,49)(H,46,53)(H,51,52). The number of nitrogens with one attached hydrogen (secondary N) is 3. The first kappa shape index (κ1) is 46.0. The van der Waals surface area contributed by atoms with E-state index in [2.05, 4.69) is 36.7 Å². The number of ether oxygens (including phenoxy) is 2. The van der Waals surface area contributed by atoms with E-state index in [4.69, 9.17) is 9.47 Å². The largest absolute Gasteiger partial charge is 0.480 e. The Morgan fingerprint density at radius 2 is 1.67 bits per heavy atom. The van der Waals surface area contributed by atoms with Gasteiger partial charge in [-0.15, -0.1) is 0 Å². The zero-order valence-corrected chi connectivity index (χ0v) is 35.1. The number of likely N-dealkylation sites (N-methyl/N-ethyl adjacent to an activating group) is 1. The minimum Gasteiger partial charge on any atom is -0.480 e. The monoisotopic (exact) mass is 771 g/mol. The fraction of sp³-hybridized carbons (Fsp3) is 0.744. The Bertz CT molecular complexity index is 1420. The van der Waals surface area contributed by atoms with E-state index in [1.807, 2.05) is 51.1 Å². The van der Waals surface area contributed by atoms with Crippen LogP contribution in [0, 0.1) is 35.5 Å². The van der Waals surface area contributed by atoms with Gasteiger partial charge >= 0.3 is 5.97 Å². The maximum Gasteiger partial charge on any atom is 0.326 e. The maximum atomic E-state index is 14.2. The lowest BCUT2D eigenvalue weighted by Crippen LogP contribution is -2.61. The van der Waals surface area contributed by atoms with Crippen LogP contribution in [-0.4, -0.2) is 103 Å². The van der Waals surface area contributed by atoms with Crippen molar-refractivity contribution in [3.63, 3.8) is 0 Å². The molecule has 1 aromatic rings. The Hall–Kier alpha value is -3.35. The smallest absolute Gasteiger partial charge is 0.326 e. The number of nitrogens with zero attached hydrogens (tertiary/aromatic N) is 1. The first-order chi connectivity index (χ1) is 26.0. The summed E-state index contributed by atoms with van der Waals surface area (Å²) in [4.78, 5) is 68.7. The number of rotatable bonds is 21. The number of amides is 3. The van der Waals surface area contributed by atoms with Crippen molar-refractivity contribution in [3.05, 3.63) is 35.9 Å². The quantitative estimate of drug-likeness (QED) is 0.134. The van der Waals surface area contributed by atoms with E-state index in [-0.39, 0.29) is 65.9 Å². The van der Waals surface area contributed by atoms with Crippen molar-refractivity contribution < 1.29 is 38.6 Å². The normalized spacial score (nSPS) is 25.2. The zero-order valence-electron chi connectivity index (χ0n) is 35.1. The lowest BCUT2D eigenvalue weighted by molar-refractivity contribution is -0.145. The maximum absolute atomic E-state index is 14.2. The van der Waals surface area contributed by atoms with Gasteiger partial charge in [-0.1, -0.05) is 84.7 Å². The molecular formula is C43H70N4O8. The Morgan fingerprint density at radius 3 is 2.22 bits per heavy atom. The summed E-state index contributed by atoms with van der Waals surface area (Å²) >= 11 is 0. The predicted molar refractivity (Wildman–Crippen MR) is 213 cm³/mol. The molecule has 4 N–H and O–H groups in total. The van der Waals surface area contributed by atoms with Gasteiger partial charge in [-0.25, -0.2) is 4.79 Å². The minimum atomic E-state index is -1.10. The van der Waals surface area contributed by atoms with Crippen LogP contribution in [0.3, 0.4) is 0 Å². The summed E-state index contributed by atoms with van der Waals surface area (Å²) < 4.78 is 12.0. The molecule has 0 bridgehead atoms. The van der Waals surface area contributed by atoms with Gasteiger partial charge in [-0.2, -0.15) is 0 Å². The van der Waals surface area contributed by atoms with E-state index in [9.17, 15) is 29.1 Å². The van der Waals surface area contributed by atoms with Gasteiger partial charge in [0.15, 0.2) is 0 Å². The molecule has 11 unspecified atom stereocenters. The Morgan fingerprint density at radius 1 is 1.00 bits per heavy atom. The van der Waals surface area contributed by atoms with Crippen LogP contribution >= 0.6 is 0 Å². The van der Waals surface area contributed by atoms with Crippen LogP contribution in [-0.2, 0) is 39.9 Å². The molecule has 11 atom stereocenters. The van der Waals surface area contributed by atoms with E-state index in [1.165, 1.54) is 0 Å². The molecule has 1 aromatic carbocycles. The first-order valence-electron chi connectivity index (χ1n) is 20.5. The van der Waals surface area contributed by atoms with Crippen LogP contribution in [0.4, 0.5) is 0 Å². The van der Waals surface area contributed by atoms with Gasteiger partial charge in [-0.3, -0.25) is 19.2 Å². The highest BCUT2D eigenvalue weighted by Gasteiger charge is 2.43. The van der Waals surface area contributed by atoms with Crippen LogP contribution in [0.15, 0.2) is 30.3 Å². The van der Waals surface area contributed by atoms with Crippen LogP contribution in [0.5, 0.6) is 0 Å². The third kappa shape index (κ3) is 12.1. The number of ketones is 1. The van der Waals surface area contributed by atoms with Crippen molar-refractivity contribution in [2.75, 3.05) is 27.8 Å². The predicted octanol–water partition coefficient (Wildman–Crippen LogP) is 5.02. The number of carbonyl (C=O) groups is 5. The average molecular weight is 771 g/mol. The molecule has 1 aliphatic carbocycles. The minimum absolute atomic E-state index is 0.00518. The van der Waals surface area contributed by atoms with E-state index in [0.29, 0.717) is 12.8 Å². The third-order valence-electron chi connectivity index (χ3n) is 12.7. The molecular weight excluding hydrogens is 700 g/mol. The van der Waals surface area contributed by atoms with Crippen molar-refractivity contribution in [1.82, 2.24) is 20.9 Å². The molecule has 1 aliphatic heterocycles. The number of methoxy groups -OCH3 is 2. The van der Waals surface area contributed by atoms with Crippen molar-refractivity contribution in [2.24, 2.45) is 35.5 Å². The van der Waals surface area contributed by atoms with E-state index in [0.717, 1.165) is 44.2 Å². The summed E-state index contributed by atoms with van der Waals surface area (Å²) in [6, 6.07) is 7.02. The van der Waals surface area contributed by atoms with Gasteiger partial charge in [0.2, 0.25) is 17.7 Å². The summed E-state index contributed by atoms with van der Waals surface area (Å²) in [6.45, 7) is 14.5. The molecule has 2 fully saturated rings. The summed E-state index contributed by atoms with van der Waals surface area (Å²) in [5, 5.41) is 19.0. The molecule has 12 nitrogen and oxygen atoms in total. The SMILES string of the molecule is CCC(C)C(C(CC(=O)CC1CCCC(C(OC)C(C)C(=O)NC(Cc2ccccc2)C(=O)O)C1C)OC)N(C)C(=O)C(NC(=O)C1(C)CCCN1)C(C)C. The van der Waals surface area contributed by atoms with E-state index >= 15 is 0 Å². The zero-order chi connectivity index (χ0) is 41.0. The Kier molecular flexibility index (Phi) is 17.8. The molecule has 0 spiro atoms. The number of benzene rings is 1. The van der Waals surface area contributed by atoms with Gasteiger partial charge in [0.1, 0.15) is 17.9 Å². The number of hydrogen-bond donors (Lipinski definition) is 4. The molecule has 0 radical (unpaired) electrons. The molecule has 1 heterocycles. The van der Waals surface area contributed by atoms with Crippen LogP contribution < -0.4 is 16.0 Å². The number of Topliss-reactive ketones (excluding diaryl/α,β-unsaturated/α-hetero) is 1. The molecule has 12 heteroatoms. The molecule has 1 saturated heterocycles. The van der Waals surface area contributed by atoms with Crippen LogP contribution in [0.1, 0.15) is 105 Å². The molecule has 55 heavy (non-hydrogen) atoms. The number of aliphatic carboxylic acids is 1. The fourth-order valence-electron chi connectivity index (χ4n) is 8.95. The van der Waals surface area contributed by atoms with E-state index in [1.54, 1.807) is 33.1 Å². The Balaban J connectivity index is 1.70. The van der Waals surface area contributed by atoms with Crippen molar-refractivity contribution in [3.8, 4) is 0 Å². The van der Waals surface area contributed by atoms with Crippen LogP contribution in [0.2, 0.25) is 0 Å².